The summed E-state index contributed by atoms with van der Waals surface area (Å²) >= 11 is 6.41. The first kappa shape index (κ1) is 15.2. The summed E-state index contributed by atoms with van der Waals surface area (Å²) < 4.78 is 5.62. The number of thiocarbonyl (C=S) groups is 1. The molecule has 0 radical (unpaired) electrons. The van der Waals surface area contributed by atoms with Gasteiger partial charge in [-0.1, -0.05) is 24.0 Å². The summed E-state index contributed by atoms with van der Waals surface area (Å²) in [6, 6.07) is 0. The monoisotopic (exact) mass is 290 g/mol. The van der Waals surface area contributed by atoms with Crippen LogP contribution < -0.4 is 5.32 Å². The highest BCUT2D eigenvalue weighted by Gasteiger charge is 2.25. The van der Waals surface area contributed by atoms with Gasteiger partial charge in [0.15, 0.2) is 0 Å². The SMILES string of the molecule is CC(C)(C)NC(=O)OCCCN1C(=O)CSC1=S. The zero-order chi connectivity index (χ0) is 13.8. The van der Waals surface area contributed by atoms with Gasteiger partial charge in [0.2, 0.25) is 5.91 Å². The molecular formula is C11H18N2O3S2. The maximum Gasteiger partial charge on any atom is 0.407 e. The highest BCUT2D eigenvalue weighted by atomic mass is 32.2. The van der Waals surface area contributed by atoms with E-state index in [1.807, 2.05) is 20.8 Å². The van der Waals surface area contributed by atoms with Crippen LogP contribution in [-0.4, -0.2) is 45.7 Å². The van der Waals surface area contributed by atoms with Gasteiger partial charge in [-0.15, -0.1) is 0 Å². The van der Waals surface area contributed by atoms with E-state index in [4.69, 9.17) is 17.0 Å². The van der Waals surface area contributed by atoms with Crippen molar-refractivity contribution in [2.45, 2.75) is 32.7 Å². The molecule has 0 saturated carbocycles. The Labute approximate surface area is 117 Å². The highest BCUT2D eigenvalue weighted by Crippen LogP contribution is 2.19. The van der Waals surface area contributed by atoms with Crippen LogP contribution in [0.2, 0.25) is 0 Å². The fourth-order valence-corrected chi connectivity index (χ4v) is 2.45. The molecule has 0 atom stereocenters. The Balaban J connectivity index is 2.17. The minimum Gasteiger partial charge on any atom is -0.449 e. The Morgan fingerprint density at radius 2 is 2.22 bits per heavy atom. The molecule has 0 unspecified atom stereocenters. The molecule has 1 aliphatic rings. The number of carbonyl (C=O) groups is 2. The molecule has 0 bridgehead atoms. The van der Waals surface area contributed by atoms with E-state index < -0.39 is 6.09 Å². The number of amides is 2. The first-order valence-electron chi connectivity index (χ1n) is 5.71. The van der Waals surface area contributed by atoms with E-state index in [-0.39, 0.29) is 18.1 Å². The van der Waals surface area contributed by atoms with Crippen molar-refractivity contribution in [2.75, 3.05) is 18.9 Å². The Morgan fingerprint density at radius 3 is 2.72 bits per heavy atom. The van der Waals surface area contributed by atoms with Crippen molar-refractivity contribution in [3.8, 4) is 0 Å². The van der Waals surface area contributed by atoms with Gasteiger partial charge in [0.1, 0.15) is 4.32 Å². The van der Waals surface area contributed by atoms with Crippen LogP contribution in [0.15, 0.2) is 0 Å². The molecular weight excluding hydrogens is 272 g/mol. The maximum absolute atomic E-state index is 11.4. The van der Waals surface area contributed by atoms with Gasteiger partial charge in [0, 0.05) is 12.1 Å². The summed E-state index contributed by atoms with van der Waals surface area (Å²) in [4.78, 5) is 24.3. The molecule has 5 nitrogen and oxygen atoms in total. The minimum absolute atomic E-state index is 0.0316. The molecule has 0 spiro atoms. The van der Waals surface area contributed by atoms with Gasteiger partial charge in [-0.05, 0) is 27.2 Å². The molecule has 0 aromatic carbocycles. The molecule has 102 valence electrons. The van der Waals surface area contributed by atoms with E-state index in [0.29, 0.717) is 23.0 Å². The Bertz CT molecular complexity index is 337. The summed E-state index contributed by atoms with van der Waals surface area (Å²) in [6.45, 7) is 6.43. The number of alkyl carbamates (subject to hydrolysis) is 1. The van der Waals surface area contributed by atoms with Gasteiger partial charge in [0.25, 0.3) is 0 Å². The molecule has 1 fully saturated rings. The fourth-order valence-electron chi connectivity index (χ4n) is 1.33. The second kappa shape index (κ2) is 6.38. The molecule has 1 aliphatic heterocycles. The van der Waals surface area contributed by atoms with Crippen molar-refractivity contribution in [3.63, 3.8) is 0 Å². The number of nitrogens with one attached hydrogen (secondary N) is 1. The summed E-state index contributed by atoms with van der Waals surface area (Å²) in [7, 11) is 0. The molecule has 1 rings (SSSR count). The number of rotatable bonds is 4. The maximum atomic E-state index is 11.4. The second-order valence-corrected chi connectivity index (χ2v) is 6.57. The zero-order valence-electron chi connectivity index (χ0n) is 10.8. The average Bonchev–Trinajstić information content (AvgIpc) is 2.52. The zero-order valence-corrected chi connectivity index (χ0v) is 12.4. The van der Waals surface area contributed by atoms with Crippen LogP contribution >= 0.6 is 24.0 Å². The van der Waals surface area contributed by atoms with E-state index in [1.165, 1.54) is 11.8 Å². The van der Waals surface area contributed by atoms with E-state index in [0.717, 1.165) is 0 Å². The molecule has 1 heterocycles. The smallest absolute Gasteiger partial charge is 0.407 e. The number of hydrogen-bond donors (Lipinski definition) is 1. The molecule has 2 amide bonds. The van der Waals surface area contributed by atoms with Crippen LogP contribution in [0.1, 0.15) is 27.2 Å². The third-order valence-corrected chi connectivity index (χ3v) is 3.51. The summed E-state index contributed by atoms with van der Waals surface area (Å²) in [6.07, 6.45) is 0.150. The van der Waals surface area contributed by atoms with Crippen molar-refractivity contribution in [2.24, 2.45) is 0 Å². The van der Waals surface area contributed by atoms with Crippen LogP contribution in [0.4, 0.5) is 4.79 Å². The Hall–Kier alpha value is -0.820. The van der Waals surface area contributed by atoms with Gasteiger partial charge in [-0.3, -0.25) is 9.69 Å². The van der Waals surface area contributed by atoms with Crippen LogP contribution in [-0.2, 0) is 9.53 Å². The lowest BCUT2D eigenvalue weighted by atomic mass is 10.1. The molecule has 7 heteroatoms. The standard InChI is InChI=1S/C11H18N2O3S2/c1-11(2,3)12-9(15)16-6-4-5-13-8(14)7-18-10(13)17/h4-7H2,1-3H3,(H,12,15). The first-order valence-corrected chi connectivity index (χ1v) is 7.11. The molecule has 1 N–H and O–H groups in total. The lowest BCUT2D eigenvalue weighted by Crippen LogP contribution is -2.41. The third-order valence-electron chi connectivity index (χ3n) is 2.08. The number of ether oxygens (including phenoxy) is 1. The van der Waals surface area contributed by atoms with E-state index in [1.54, 1.807) is 4.90 Å². The average molecular weight is 290 g/mol. The van der Waals surface area contributed by atoms with Crippen LogP contribution in [0, 0.1) is 0 Å². The number of nitrogens with zero attached hydrogens (tertiary/aromatic N) is 1. The highest BCUT2D eigenvalue weighted by molar-refractivity contribution is 8.23. The van der Waals surface area contributed by atoms with Crippen molar-refractivity contribution in [1.82, 2.24) is 10.2 Å². The van der Waals surface area contributed by atoms with Gasteiger partial charge >= 0.3 is 6.09 Å². The molecule has 0 aromatic heterocycles. The largest absolute Gasteiger partial charge is 0.449 e. The molecule has 0 aromatic rings. The fraction of sp³-hybridized carbons (Fsp3) is 0.727. The number of thioether (sulfide) groups is 1. The van der Waals surface area contributed by atoms with E-state index in [2.05, 4.69) is 5.32 Å². The van der Waals surface area contributed by atoms with Crippen molar-refractivity contribution in [1.29, 1.82) is 0 Å². The lowest BCUT2D eigenvalue weighted by molar-refractivity contribution is -0.124. The minimum atomic E-state index is -0.438. The topological polar surface area (TPSA) is 58.6 Å². The van der Waals surface area contributed by atoms with Crippen molar-refractivity contribution in [3.05, 3.63) is 0 Å². The van der Waals surface area contributed by atoms with Gasteiger partial charge in [-0.25, -0.2) is 4.79 Å². The number of carbonyl (C=O) groups excluding carboxylic acids is 2. The first-order chi connectivity index (χ1) is 8.29. The van der Waals surface area contributed by atoms with Gasteiger partial charge in [0.05, 0.1) is 12.4 Å². The van der Waals surface area contributed by atoms with E-state index >= 15 is 0 Å². The predicted octanol–water partition coefficient (Wildman–Crippen LogP) is 1.76. The summed E-state index contributed by atoms with van der Waals surface area (Å²) in [5, 5.41) is 2.69. The van der Waals surface area contributed by atoms with Crippen LogP contribution in [0.25, 0.3) is 0 Å². The van der Waals surface area contributed by atoms with Crippen molar-refractivity contribution >= 4 is 40.3 Å². The lowest BCUT2D eigenvalue weighted by Gasteiger charge is -2.20. The second-order valence-electron chi connectivity index (χ2n) is 4.96. The Morgan fingerprint density at radius 1 is 1.56 bits per heavy atom. The van der Waals surface area contributed by atoms with Crippen LogP contribution in [0.5, 0.6) is 0 Å². The molecule has 18 heavy (non-hydrogen) atoms. The van der Waals surface area contributed by atoms with E-state index in [9.17, 15) is 9.59 Å². The third kappa shape index (κ3) is 5.22. The Kier molecular flexibility index (Phi) is 5.40. The van der Waals surface area contributed by atoms with Gasteiger partial charge in [-0.2, -0.15) is 0 Å². The number of hydrogen-bond acceptors (Lipinski definition) is 5. The summed E-state index contributed by atoms with van der Waals surface area (Å²) in [5.41, 5.74) is -0.305. The predicted molar refractivity (Wildman–Crippen MR) is 75.6 cm³/mol. The molecule has 0 aliphatic carbocycles. The van der Waals surface area contributed by atoms with Gasteiger partial charge < -0.3 is 10.1 Å². The summed E-state index contributed by atoms with van der Waals surface area (Å²) in [5.74, 6) is 0.452. The van der Waals surface area contributed by atoms with Crippen molar-refractivity contribution < 1.29 is 14.3 Å². The van der Waals surface area contributed by atoms with Crippen LogP contribution in [0.3, 0.4) is 0 Å². The quantitative estimate of drug-likeness (QED) is 0.631. The normalized spacial score (nSPS) is 16.1. The molecule has 1 saturated heterocycles.